The molecule has 2 amide bonds. The van der Waals surface area contributed by atoms with Crippen LogP contribution in [0.2, 0.25) is 0 Å². The summed E-state index contributed by atoms with van der Waals surface area (Å²) >= 11 is 0. The zero-order valence-electron chi connectivity index (χ0n) is 21.7. The van der Waals surface area contributed by atoms with Gasteiger partial charge in [0.25, 0.3) is 5.91 Å². The number of carbonyl (C=O) groups excluding carboxylic acids is 4. The van der Waals surface area contributed by atoms with Crippen molar-refractivity contribution in [3.05, 3.63) is 39.9 Å². The smallest absolute Gasteiger partial charge is 0.255 e. The molecule has 1 unspecified atom stereocenters. The summed E-state index contributed by atoms with van der Waals surface area (Å²) in [7, 11) is 1.56. The molecule has 1 saturated heterocycles. The first-order chi connectivity index (χ1) is 18.9. The van der Waals surface area contributed by atoms with Crippen molar-refractivity contribution in [2.45, 2.75) is 43.7 Å². The molecule has 12 nitrogen and oxygen atoms in total. The third-order valence-electron chi connectivity index (χ3n) is 8.49. The van der Waals surface area contributed by atoms with E-state index >= 15 is 4.39 Å². The zero-order valence-corrected chi connectivity index (χ0v) is 21.7. The van der Waals surface area contributed by atoms with Gasteiger partial charge in [-0.1, -0.05) is 0 Å². The number of primary amides is 1. The maximum absolute atomic E-state index is 15.3. The minimum Gasteiger partial charge on any atom is -0.508 e. The maximum atomic E-state index is 15.3. The number of benzene rings is 1. The predicted octanol–water partition coefficient (Wildman–Crippen LogP) is 0.612. The molecule has 0 radical (unpaired) electrons. The number of nitrogens with zero attached hydrogens (tertiary/aromatic N) is 1. The summed E-state index contributed by atoms with van der Waals surface area (Å²) in [6.45, 7) is 1.06. The second-order valence-corrected chi connectivity index (χ2v) is 10.8. The number of amides is 2. The molecule has 1 aliphatic heterocycles. The Morgan fingerprint density at radius 2 is 1.98 bits per heavy atom. The fourth-order valence-corrected chi connectivity index (χ4v) is 6.60. The highest BCUT2D eigenvalue weighted by atomic mass is 19.1. The van der Waals surface area contributed by atoms with Crippen molar-refractivity contribution in [2.24, 2.45) is 17.6 Å². The standard InChI is InChI=1S/C27H30FN3O9/c1-40-10-13-3-2-4-31(13)9-18(33)30-16-8-15(28)14-6-11-5-12-7-17(32)21(26(29)38)25(37)27(12,39)24(36)19(11)23(35)20(14)22(16)34/h8,11-13,34-35,37,39H,2-7,9-10H2,1H3,(H2,29,38)(H,30,33)/t11?,12-,13+,27-/m0/s1. The highest BCUT2D eigenvalue weighted by molar-refractivity contribution is 6.22. The highest BCUT2D eigenvalue weighted by Gasteiger charge is 2.60. The molecular weight excluding hydrogens is 529 g/mol. The number of anilines is 1. The number of halogens is 1. The molecule has 5 rings (SSSR count). The molecule has 1 aromatic rings. The Hall–Kier alpha value is -3.81. The highest BCUT2D eigenvalue weighted by Crippen LogP contribution is 2.53. The van der Waals surface area contributed by atoms with Gasteiger partial charge in [0.05, 0.1) is 24.4 Å². The number of aliphatic hydroxyl groups excluding tert-OH is 2. The van der Waals surface area contributed by atoms with Crippen molar-refractivity contribution >= 4 is 34.8 Å². The van der Waals surface area contributed by atoms with Crippen molar-refractivity contribution in [1.82, 2.24) is 4.90 Å². The number of phenols is 1. The van der Waals surface area contributed by atoms with Crippen LogP contribution in [-0.2, 0) is 30.3 Å². The van der Waals surface area contributed by atoms with Gasteiger partial charge < -0.3 is 36.2 Å². The second kappa shape index (κ2) is 9.98. The Morgan fingerprint density at radius 1 is 1.25 bits per heavy atom. The van der Waals surface area contributed by atoms with Crippen LogP contribution in [0.15, 0.2) is 23.0 Å². The number of hydrogen-bond donors (Lipinski definition) is 6. The lowest BCUT2D eigenvalue weighted by Gasteiger charge is -2.46. The van der Waals surface area contributed by atoms with Crippen LogP contribution in [0.5, 0.6) is 5.75 Å². The van der Waals surface area contributed by atoms with Crippen LogP contribution < -0.4 is 11.1 Å². The van der Waals surface area contributed by atoms with E-state index in [4.69, 9.17) is 10.5 Å². The molecule has 40 heavy (non-hydrogen) atoms. The van der Waals surface area contributed by atoms with Crippen LogP contribution in [0.1, 0.15) is 36.8 Å². The van der Waals surface area contributed by atoms with E-state index < -0.39 is 87.0 Å². The van der Waals surface area contributed by atoms with Crippen molar-refractivity contribution in [1.29, 1.82) is 0 Å². The number of methoxy groups -OCH3 is 1. The molecule has 0 bridgehead atoms. The van der Waals surface area contributed by atoms with E-state index in [-0.39, 0.29) is 36.7 Å². The summed E-state index contributed by atoms with van der Waals surface area (Å²) < 4.78 is 20.5. The van der Waals surface area contributed by atoms with Gasteiger partial charge >= 0.3 is 0 Å². The zero-order chi connectivity index (χ0) is 29.1. The maximum Gasteiger partial charge on any atom is 0.255 e. The van der Waals surface area contributed by atoms with Crippen LogP contribution in [0.3, 0.4) is 0 Å². The molecule has 214 valence electrons. The van der Waals surface area contributed by atoms with E-state index in [1.54, 1.807) is 7.11 Å². The number of rotatable bonds is 6. The van der Waals surface area contributed by atoms with Crippen molar-refractivity contribution in [2.75, 3.05) is 32.1 Å². The molecule has 0 spiro atoms. The molecule has 1 saturated carbocycles. The number of Topliss-reactive ketones (excluding diaryl/α,β-unsaturated/α-hetero) is 2. The van der Waals surface area contributed by atoms with Gasteiger partial charge in [0.1, 0.15) is 22.9 Å². The summed E-state index contributed by atoms with van der Waals surface area (Å²) in [6, 6.07) is 0.970. The summed E-state index contributed by atoms with van der Waals surface area (Å²) in [5.74, 6) is -9.45. The van der Waals surface area contributed by atoms with E-state index in [1.165, 1.54) is 0 Å². The van der Waals surface area contributed by atoms with Gasteiger partial charge in [-0.25, -0.2) is 4.39 Å². The molecule has 1 aromatic carbocycles. The normalized spacial score (nSPS) is 28.3. The van der Waals surface area contributed by atoms with Crippen LogP contribution in [0.4, 0.5) is 10.1 Å². The van der Waals surface area contributed by atoms with Gasteiger partial charge in [-0.05, 0) is 38.1 Å². The predicted molar refractivity (Wildman–Crippen MR) is 136 cm³/mol. The van der Waals surface area contributed by atoms with Gasteiger partial charge in [0.2, 0.25) is 11.7 Å². The number of aliphatic hydroxyl groups is 3. The van der Waals surface area contributed by atoms with Gasteiger partial charge in [-0.3, -0.25) is 24.1 Å². The molecule has 2 fully saturated rings. The number of ether oxygens (including phenoxy) is 1. The lowest BCUT2D eigenvalue weighted by Crippen LogP contribution is -2.58. The fourth-order valence-electron chi connectivity index (χ4n) is 6.60. The number of fused-ring (bicyclic) bond motifs is 3. The summed E-state index contributed by atoms with van der Waals surface area (Å²) in [6.07, 6.45) is 0.977. The number of ketones is 2. The van der Waals surface area contributed by atoms with Crippen molar-refractivity contribution in [3.8, 4) is 5.75 Å². The minimum absolute atomic E-state index is 0.0397. The SMILES string of the molecule is COC[C@H]1CCCN1CC(=O)Nc1cc(F)c2c(c1O)C(O)=C1C(=O)[C@]3(O)C(O)=C(C(N)=O)C(=O)C[C@@H]3CC1C2. The number of phenolic OH excluding ortho intramolecular Hbond substituents is 1. The number of carbonyl (C=O) groups is 4. The third-order valence-corrected chi connectivity index (χ3v) is 8.49. The molecule has 13 heteroatoms. The van der Waals surface area contributed by atoms with E-state index in [1.807, 2.05) is 4.90 Å². The number of aromatic hydroxyl groups is 1. The molecule has 7 N–H and O–H groups in total. The topological polar surface area (TPSA) is 200 Å². The molecule has 4 aliphatic rings. The van der Waals surface area contributed by atoms with Crippen LogP contribution in [0.25, 0.3) is 5.76 Å². The molecule has 0 aromatic heterocycles. The summed E-state index contributed by atoms with van der Waals surface area (Å²) in [5.41, 5.74) is 0.309. The number of likely N-dealkylation sites (tertiary alicyclic amines) is 1. The van der Waals surface area contributed by atoms with Gasteiger partial charge in [0, 0.05) is 42.7 Å². The Kier molecular flexibility index (Phi) is 6.92. The molecule has 1 heterocycles. The van der Waals surface area contributed by atoms with Gasteiger partial charge in [0.15, 0.2) is 17.1 Å². The first-order valence-electron chi connectivity index (χ1n) is 12.9. The second-order valence-electron chi connectivity index (χ2n) is 10.8. The fraction of sp³-hybridized carbons (Fsp3) is 0.481. The Balaban J connectivity index is 1.50. The molecule has 3 aliphatic carbocycles. The number of hydrogen-bond acceptors (Lipinski definition) is 10. The lowest BCUT2D eigenvalue weighted by atomic mass is 9.59. The number of nitrogens with one attached hydrogen (secondary N) is 1. The third kappa shape index (κ3) is 4.16. The average molecular weight is 560 g/mol. The average Bonchev–Trinajstić information content (AvgIpc) is 3.30. The van der Waals surface area contributed by atoms with Crippen LogP contribution in [0, 0.1) is 17.7 Å². The first-order valence-corrected chi connectivity index (χ1v) is 12.9. The lowest BCUT2D eigenvalue weighted by molar-refractivity contribution is -0.147. The van der Waals surface area contributed by atoms with E-state index in [0.29, 0.717) is 13.2 Å². The summed E-state index contributed by atoms with van der Waals surface area (Å²) in [4.78, 5) is 52.4. The van der Waals surface area contributed by atoms with E-state index in [0.717, 1.165) is 18.9 Å². The Morgan fingerprint density at radius 3 is 2.65 bits per heavy atom. The summed E-state index contributed by atoms with van der Waals surface area (Å²) in [5, 5.41) is 46.6. The van der Waals surface area contributed by atoms with Crippen LogP contribution >= 0.6 is 0 Å². The van der Waals surface area contributed by atoms with Gasteiger partial charge in [-0.15, -0.1) is 0 Å². The van der Waals surface area contributed by atoms with Crippen molar-refractivity contribution < 1.29 is 48.7 Å². The van der Waals surface area contributed by atoms with Crippen molar-refractivity contribution in [3.63, 3.8) is 0 Å². The monoisotopic (exact) mass is 559 g/mol. The van der Waals surface area contributed by atoms with Crippen LogP contribution in [-0.4, -0.2) is 87.2 Å². The van der Waals surface area contributed by atoms with E-state index in [9.17, 15) is 39.6 Å². The minimum atomic E-state index is -2.72. The Bertz CT molecular complexity index is 1400. The van der Waals surface area contributed by atoms with E-state index in [2.05, 4.69) is 5.32 Å². The molecule has 4 atom stereocenters. The quantitative estimate of drug-likeness (QED) is 0.212. The Labute approximate surface area is 227 Å². The molecular formula is C27H30FN3O9. The number of nitrogens with two attached hydrogens (primary N) is 1. The largest absolute Gasteiger partial charge is 0.508 e. The first kappa shape index (κ1) is 27.7. The van der Waals surface area contributed by atoms with Gasteiger partial charge in [-0.2, -0.15) is 0 Å².